The Kier molecular flexibility index (Phi) is 9.65. The van der Waals surface area contributed by atoms with Gasteiger partial charge in [-0.15, -0.1) is 13.2 Å². The van der Waals surface area contributed by atoms with E-state index in [2.05, 4.69) is 28.2 Å². The zero-order valence-electron chi connectivity index (χ0n) is 22.9. The summed E-state index contributed by atoms with van der Waals surface area (Å²) in [5, 5.41) is 0. The first-order valence-corrected chi connectivity index (χ1v) is 13.0. The Hall–Kier alpha value is -4.73. The minimum Gasteiger partial charge on any atom is -0.429 e. The van der Waals surface area contributed by atoms with Gasteiger partial charge in [-0.3, -0.25) is 0 Å². The summed E-state index contributed by atoms with van der Waals surface area (Å²) in [6.45, 7) is 2.06. The fourth-order valence-electron chi connectivity index (χ4n) is 4.20. The Morgan fingerprint density at radius 3 is 1.67 bits per heavy atom. The van der Waals surface area contributed by atoms with Gasteiger partial charge in [0.05, 0.1) is 5.56 Å². The van der Waals surface area contributed by atoms with E-state index >= 15 is 0 Å². The maximum atomic E-state index is 14.9. The second-order valence-electron chi connectivity index (χ2n) is 9.56. The normalized spacial score (nSPS) is 11.6. The predicted molar refractivity (Wildman–Crippen MR) is 140 cm³/mol. The van der Waals surface area contributed by atoms with Crippen LogP contribution in [-0.4, -0.2) is 6.36 Å². The minimum atomic E-state index is -5.53. The molecule has 0 spiro atoms. The summed E-state index contributed by atoms with van der Waals surface area (Å²) in [7, 11) is 0. The number of rotatable bonds is 8. The first-order valence-electron chi connectivity index (χ1n) is 13.0. The van der Waals surface area contributed by atoms with Gasteiger partial charge in [-0.25, -0.2) is 26.3 Å². The number of benzene rings is 4. The maximum absolute atomic E-state index is 14.9. The summed E-state index contributed by atoms with van der Waals surface area (Å²) in [4.78, 5) is 0. The summed E-state index contributed by atoms with van der Waals surface area (Å²) < 4.78 is 161. The number of halogens is 11. The number of ether oxygens (including phenoxy) is 2. The van der Waals surface area contributed by atoms with E-state index in [0.717, 1.165) is 37.0 Å². The lowest BCUT2D eigenvalue weighted by Gasteiger charge is -2.21. The predicted octanol–water partition coefficient (Wildman–Crippen LogP) is 9.96. The number of unbranched alkanes of at least 4 members (excludes halogenated alkanes) is 1. The first-order chi connectivity index (χ1) is 21.1. The third-order valence-electron chi connectivity index (χ3n) is 6.22. The molecule has 0 amide bonds. The Labute approximate surface area is 249 Å². The molecule has 0 saturated heterocycles. The molecule has 0 bridgehead atoms. The second-order valence-corrected chi connectivity index (χ2v) is 9.56. The standard InChI is InChI=1S/C32H19F11O2/c1-2-3-4-17-5-7-18(8-6-17)9-10-19-11-22(33)28(23(34)12-19)20-13-24(35)29(25(36)14-20)31(39,40)44-21-15-26(37)30(27(38)16-21)45-32(41,42)43/h5-8,11-16H,2-4H2,1H3. The highest BCUT2D eigenvalue weighted by Crippen LogP contribution is 2.40. The van der Waals surface area contributed by atoms with Crippen molar-refractivity contribution in [3.05, 3.63) is 118 Å². The van der Waals surface area contributed by atoms with Gasteiger partial charge in [0, 0.05) is 23.3 Å². The molecule has 45 heavy (non-hydrogen) atoms. The molecule has 4 aromatic carbocycles. The summed E-state index contributed by atoms with van der Waals surface area (Å²) in [6, 6.07) is 8.81. The van der Waals surface area contributed by atoms with Crippen LogP contribution in [0.5, 0.6) is 11.5 Å². The molecule has 0 saturated carbocycles. The topological polar surface area (TPSA) is 18.5 Å². The Morgan fingerprint density at radius 1 is 0.622 bits per heavy atom. The largest absolute Gasteiger partial charge is 0.573 e. The summed E-state index contributed by atoms with van der Waals surface area (Å²) >= 11 is 0. The highest BCUT2D eigenvalue weighted by Gasteiger charge is 2.42. The summed E-state index contributed by atoms with van der Waals surface area (Å²) in [6.07, 6.45) is -7.63. The van der Waals surface area contributed by atoms with Crippen LogP contribution in [0.4, 0.5) is 48.3 Å². The van der Waals surface area contributed by atoms with Gasteiger partial charge < -0.3 is 9.47 Å². The van der Waals surface area contributed by atoms with E-state index < -0.39 is 75.6 Å². The van der Waals surface area contributed by atoms with E-state index in [9.17, 15) is 48.3 Å². The Balaban J connectivity index is 1.59. The molecule has 4 rings (SSSR count). The molecule has 13 heteroatoms. The van der Waals surface area contributed by atoms with E-state index in [-0.39, 0.29) is 29.8 Å². The molecule has 236 valence electrons. The average molecular weight is 644 g/mol. The van der Waals surface area contributed by atoms with Crippen LogP contribution in [0.2, 0.25) is 0 Å². The lowest BCUT2D eigenvalue weighted by atomic mass is 9.99. The maximum Gasteiger partial charge on any atom is 0.573 e. The van der Waals surface area contributed by atoms with Crippen LogP contribution in [0.1, 0.15) is 42.0 Å². The monoisotopic (exact) mass is 644 g/mol. The number of hydrogen-bond donors (Lipinski definition) is 0. The third kappa shape index (κ3) is 8.06. The zero-order valence-corrected chi connectivity index (χ0v) is 22.9. The van der Waals surface area contributed by atoms with E-state index in [1.54, 1.807) is 12.1 Å². The van der Waals surface area contributed by atoms with Crippen molar-refractivity contribution in [1.82, 2.24) is 0 Å². The van der Waals surface area contributed by atoms with Gasteiger partial charge in [-0.05, 0) is 60.4 Å². The minimum absolute atomic E-state index is 0.132. The van der Waals surface area contributed by atoms with Crippen LogP contribution in [0.3, 0.4) is 0 Å². The molecule has 0 radical (unpaired) electrons. The number of hydrogen-bond acceptors (Lipinski definition) is 2. The molecule has 0 aromatic heterocycles. The van der Waals surface area contributed by atoms with Crippen molar-refractivity contribution >= 4 is 0 Å². The SMILES string of the molecule is CCCCc1ccc(C#Cc2cc(F)c(-c3cc(F)c(C(F)(F)Oc4cc(F)c(OC(F)(F)F)c(F)c4)c(F)c3)c(F)c2)cc1. The second kappa shape index (κ2) is 13.1. The molecule has 0 atom stereocenters. The number of aryl methyl sites for hydroxylation is 1. The lowest BCUT2D eigenvalue weighted by Crippen LogP contribution is -2.25. The molecule has 2 nitrogen and oxygen atoms in total. The zero-order chi connectivity index (χ0) is 33.1. The van der Waals surface area contributed by atoms with Crippen LogP contribution >= 0.6 is 0 Å². The fourth-order valence-corrected chi connectivity index (χ4v) is 4.20. The third-order valence-corrected chi connectivity index (χ3v) is 6.22. The first kappa shape index (κ1) is 33.2. The molecular formula is C32H19F11O2. The quantitative estimate of drug-likeness (QED) is 0.140. The van der Waals surface area contributed by atoms with E-state index in [4.69, 9.17) is 0 Å². The van der Waals surface area contributed by atoms with Crippen molar-refractivity contribution in [2.75, 3.05) is 0 Å². The molecule has 4 aromatic rings. The molecule has 0 aliphatic rings. The Morgan fingerprint density at radius 2 is 1.16 bits per heavy atom. The van der Waals surface area contributed by atoms with Crippen molar-refractivity contribution < 1.29 is 57.8 Å². The van der Waals surface area contributed by atoms with Crippen molar-refractivity contribution in [1.29, 1.82) is 0 Å². The molecular weight excluding hydrogens is 625 g/mol. The molecule has 0 N–H and O–H groups in total. The summed E-state index contributed by atoms with van der Waals surface area (Å²) in [5.74, 6) is -9.17. The van der Waals surface area contributed by atoms with Crippen molar-refractivity contribution in [3.63, 3.8) is 0 Å². The van der Waals surface area contributed by atoms with Gasteiger partial charge in [-0.1, -0.05) is 37.3 Å². The number of alkyl halides is 5. The van der Waals surface area contributed by atoms with Crippen LogP contribution < -0.4 is 9.47 Å². The highest BCUT2D eigenvalue weighted by atomic mass is 19.4. The summed E-state index contributed by atoms with van der Waals surface area (Å²) in [5.41, 5.74) is -2.40. The van der Waals surface area contributed by atoms with Crippen LogP contribution in [0.15, 0.2) is 60.7 Å². The van der Waals surface area contributed by atoms with Gasteiger partial charge in [0.2, 0.25) is 5.75 Å². The van der Waals surface area contributed by atoms with E-state index in [0.29, 0.717) is 5.56 Å². The van der Waals surface area contributed by atoms with Crippen LogP contribution in [0.25, 0.3) is 11.1 Å². The Bertz CT molecular complexity index is 1700. The molecule has 0 unspecified atom stereocenters. The van der Waals surface area contributed by atoms with Gasteiger partial charge in [0.25, 0.3) is 0 Å². The van der Waals surface area contributed by atoms with Crippen molar-refractivity contribution in [3.8, 4) is 34.5 Å². The van der Waals surface area contributed by atoms with Crippen molar-refractivity contribution in [2.24, 2.45) is 0 Å². The van der Waals surface area contributed by atoms with Gasteiger partial charge in [0.1, 0.15) is 34.6 Å². The molecule has 0 aliphatic heterocycles. The molecule has 0 aliphatic carbocycles. The fraction of sp³-hybridized carbons (Fsp3) is 0.188. The smallest absolute Gasteiger partial charge is 0.429 e. The highest BCUT2D eigenvalue weighted by molar-refractivity contribution is 5.67. The van der Waals surface area contributed by atoms with Gasteiger partial charge in [0.15, 0.2) is 11.6 Å². The van der Waals surface area contributed by atoms with Crippen LogP contribution in [0, 0.1) is 46.7 Å². The van der Waals surface area contributed by atoms with Gasteiger partial charge in [-0.2, -0.15) is 8.78 Å². The van der Waals surface area contributed by atoms with Crippen molar-refractivity contribution in [2.45, 2.75) is 38.7 Å². The van der Waals surface area contributed by atoms with E-state index in [1.165, 1.54) is 0 Å². The lowest BCUT2D eigenvalue weighted by molar-refractivity contribution is -0.276. The van der Waals surface area contributed by atoms with Gasteiger partial charge >= 0.3 is 12.5 Å². The van der Waals surface area contributed by atoms with Crippen LogP contribution in [-0.2, 0) is 12.5 Å². The molecule has 0 fully saturated rings. The van der Waals surface area contributed by atoms with E-state index in [1.807, 2.05) is 12.1 Å². The molecule has 0 heterocycles. The average Bonchev–Trinajstić information content (AvgIpc) is 2.92.